The number of hydrogen-bond donors (Lipinski definition) is 0. The molecule has 17 heavy (non-hydrogen) atoms. The fraction of sp³-hybridized carbons (Fsp3) is 0.412. The largest absolute Gasteiger partial charge is 0.0651 e. The third-order valence-electron chi connectivity index (χ3n) is 3.87. The summed E-state index contributed by atoms with van der Waals surface area (Å²) in [5, 5.41) is 2.86. The summed E-state index contributed by atoms with van der Waals surface area (Å²) in [5.41, 5.74) is 7.18. The van der Waals surface area contributed by atoms with Crippen molar-refractivity contribution < 1.29 is 0 Å². The summed E-state index contributed by atoms with van der Waals surface area (Å²) >= 11 is 0. The monoisotopic (exact) mass is 226 g/mol. The standard InChI is InChI=1S/C17H22/c1-6-7-15-8-12(3)17-14(5)13(4)11(2)9-16(17)10-15/h8-10H,6-7H2,1-5H3. The van der Waals surface area contributed by atoms with E-state index in [1.807, 2.05) is 0 Å². The second-order valence-electron chi connectivity index (χ2n) is 5.20. The minimum Gasteiger partial charge on any atom is -0.0651 e. The molecule has 90 valence electrons. The van der Waals surface area contributed by atoms with E-state index in [1.165, 1.54) is 51.4 Å². The summed E-state index contributed by atoms with van der Waals surface area (Å²) in [7, 11) is 0. The van der Waals surface area contributed by atoms with E-state index in [0.29, 0.717) is 0 Å². The van der Waals surface area contributed by atoms with Gasteiger partial charge in [0.05, 0.1) is 0 Å². The molecule has 0 heterocycles. The van der Waals surface area contributed by atoms with Crippen LogP contribution < -0.4 is 0 Å². The molecule has 2 rings (SSSR count). The van der Waals surface area contributed by atoms with Crippen LogP contribution >= 0.6 is 0 Å². The zero-order valence-corrected chi connectivity index (χ0v) is 11.6. The fourth-order valence-corrected chi connectivity index (χ4v) is 2.78. The van der Waals surface area contributed by atoms with Crippen molar-refractivity contribution in [2.24, 2.45) is 0 Å². The van der Waals surface area contributed by atoms with Crippen LogP contribution in [0.2, 0.25) is 0 Å². The molecule has 0 spiro atoms. The van der Waals surface area contributed by atoms with Crippen molar-refractivity contribution in [3.05, 3.63) is 46.0 Å². The number of rotatable bonds is 2. The highest BCUT2D eigenvalue weighted by Crippen LogP contribution is 2.29. The Morgan fingerprint density at radius 1 is 0.824 bits per heavy atom. The molecule has 0 aliphatic rings. The minimum absolute atomic E-state index is 1.18. The Kier molecular flexibility index (Phi) is 3.24. The summed E-state index contributed by atoms with van der Waals surface area (Å²) < 4.78 is 0. The lowest BCUT2D eigenvalue weighted by atomic mass is 9.91. The van der Waals surface area contributed by atoms with Crippen LogP contribution in [0.1, 0.15) is 41.2 Å². The lowest BCUT2D eigenvalue weighted by Gasteiger charge is -2.13. The fourth-order valence-electron chi connectivity index (χ4n) is 2.78. The van der Waals surface area contributed by atoms with Crippen LogP contribution in [0.5, 0.6) is 0 Å². The summed E-state index contributed by atoms with van der Waals surface area (Å²) in [6.45, 7) is 11.2. The third kappa shape index (κ3) is 2.09. The molecule has 0 N–H and O–H groups in total. The Hall–Kier alpha value is -1.30. The van der Waals surface area contributed by atoms with Gasteiger partial charge in [0.15, 0.2) is 0 Å². The van der Waals surface area contributed by atoms with E-state index in [1.54, 1.807) is 0 Å². The van der Waals surface area contributed by atoms with Crippen molar-refractivity contribution in [3.63, 3.8) is 0 Å². The average Bonchev–Trinajstić information content (AvgIpc) is 2.25. The molecule has 0 aliphatic carbocycles. The summed E-state index contributed by atoms with van der Waals surface area (Å²) in [5.74, 6) is 0. The minimum atomic E-state index is 1.18. The topological polar surface area (TPSA) is 0 Å². The van der Waals surface area contributed by atoms with Crippen LogP contribution in [-0.2, 0) is 6.42 Å². The molecule has 0 aromatic heterocycles. The molecule has 0 saturated carbocycles. The van der Waals surface area contributed by atoms with E-state index in [-0.39, 0.29) is 0 Å². The SMILES string of the molecule is CCCc1cc(C)c2c(C)c(C)c(C)cc2c1. The molecule has 0 radical (unpaired) electrons. The Bertz CT molecular complexity index is 562. The van der Waals surface area contributed by atoms with Crippen molar-refractivity contribution in [2.45, 2.75) is 47.5 Å². The predicted octanol–water partition coefficient (Wildman–Crippen LogP) is 5.03. The molecule has 0 amide bonds. The third-order valence-corrected chi connectivity index (χ3v) is 3.87. The Morgan fingerprint density at radius 3 is 2.18 bits per heavy atom. The number of hydrogen-bond acceptors (Lipinski definition) is 0. The first-order valence-corrected chi connectivity index (χ1v) is 6.54. The van der Waals surface area contributed by atoms with Crippen LogP contribution in [0.4, 0.5) is 0 Å². The Labute approximate surface area is 105 Å². The molecule has 2 aromatic rings. The molecular weight excluding hydrogens is 204 g/mol. The second kappa shape index (κ2) is 4.52. The van der Waals surface area contributed by atoms with Crippen molar-refractivity contribution >= 4 is 10.8 Å². The van der Waals surface area contributed by atoms with E-state index in [2.05, 4.69) is 52.8 Å². The van der Waals surface area contributed by atoms with E-state index in [4.69, 9.17) is 0 Å². The van der Waals surface area contributed by atoms with E-state index in [9.17, 15) is 0 Å². The zero-order valence-electron chi connectivity index (χ0n) is 11.6. The van der Waals surface area contributed by atoms with Gasteiger partial charge in [-0.2, -0.15) is 0 Å². The van der Waals surface area contributed by atoms with E-state index in [0.717, 1.165) is 0 Å². The quantitative estimate of drug-likeness (QED) is 0.674. The average molecular weight is 226 g/mol. The first-order chi connectivity index (χ1) is 8.04. The van der Waals surface area contributed by atoms with Gasteiger partial charge in [0.2, 0.25) is 0 Å². The first-order valence-electron chi connectivity index (χ1n) is 6.54. The maximum atomic E-state index is 2.37. The highest BCUT2D eigenvalue weighted by atomic mass is 14.1. The molecule has 0 fully saturated rings. The number of aryl methyl sites for hydroxylation is 4. The molecule has 0 saturated heterocycles. The van der Waals surface area contributed by atoms with Gasteiger partial charge in [-0.25, -0.2) is 0 Å². The number of fused-ring (bicyclic) bond motifs is 1. The molecule has 2 aromatic carbocycles. The molecule has 0 heteroatoms. The van der Waals surface area contributed by atoms with Crippen molar-refractivity contribution in [2.75, 3.05) is 0 Å². The Morgan fingerprint density at radius 2 is 1.53 bits per heavy atom. The van der Waals surface area contributed by atoms with Gasteiger partial charge in [-0.05, 0) is 72.7 Å². The maximum absolute atomic E-state index is 2.37. The normalized spacial score (nSPS) is 11.1. The van der Waals surface area contributed by atoms with Gasteiger partial charge in [-0.3, -0.25) is 0 Å². The second-order valence-corrected chi connectivity index (χ2v) is 5.20. The molecule has 0 unspecified atom stereocenters. The van der Waals surface area contributed by atoms with Crippen LogP contribution in [0.3, 0.4) is 0 Å². The molecule has 0 nitrogen and oxygen atoms in total. The van der Waals surface area contributed by atoms with Crippen LogP contribution in [0.15, 0.2) is 18.2 Å². The Balaban J connectivity index is 2.77. The summed E-state index contributed by atoms with van der Waals surface area (Å²) in [6.07, 6.45) is 2.40. The highest BCUT2D eigenvalue weighted by molar-refractivity contribution is 5.91. The summed E-state index contributed by atoms with van der Waals surface area (Å²) in [4.78, 5) is 0. The molecule has 0 bridgehead atoms. The van der Waals surface area contributed by atoms with E-state index >= 15 is 0 Å². The van der Waals surface area contributed by atoms with Gasteiger partial charge in [-0.15, -0.1) is 0 Å². The van der Waals surface area contributed by atoms with Crippen molar-refractivity contribution in [3.8, 4) is 0 Å². The zero-order chi connectivity index (χ0) is 12.6. The summed E-state index contributed by atoms with van der Waals surface area (Å²) in [6, 6.07) is 7.06. The lowest BCUT2D eigenvalue weighted by molar-refractivity contribution is 0.922. The smallest absolute Gasteiger partial charge is 0.0122 e. The van der Waals surface area contributed by atoms with E-state index < -0.39 is 0 Å². The van der Waals surface area contributed by atoms with Gasteiger partial charge >= 0.3 is 0 Å². The molecule has 0 atom stereocenters. The van der Waals surface area contributed by atoms with Gasteiger partial charge in [0, 0.05) is 0 Å². The lowest BCUT2D eigenvalue weighted by Crippen LogP contribution is -1.93. The van der Waals surface area contributed by atoms with Crippen molar-refractivity contribution in [1.29, 1.82) is 0 Å². The maximum Gasteiger partial charge on any atom is -0.0122 e. The van der Waals surface area contributed by atoms with Gasteiger partial charge in [-0.1, -0.05) is 31.5 Å². The van der Waals surface area contributed by atoms with Gasteiger partial charge in [0.1, 0.15) is 0 Å². The number of benzene rings is 2. The van der Waals surface area contributed by atoms with Gasteiger partial charge in [0.25, 0.3) is 0 Å². The van der Waals surface area contributed by atoms with Crippen LogP contribution in [0.25, 0.3) is 10.8 Å². The highest BCUT2D eigenvalue weighted by Gasteiger charge is 2.07. The van der Waals surface area contributed by atoms with Crippen LogP contribution in [-0.4, -0.2) is 0 Å². The predicted molar refractivity (Wildman–Crippen MR) is 76.9 cm³/mol. The molecule has 0 aliphatic heterocycles. The van der Waals surface area contributed by atoms with Gasteiger partial charge < -0.3 is 0 Å². The first kappa shape index (κ1) is 12.2. The van der Waals surface area contributed by atoms with Crippen molar-refractivity contribution in [1.82, 2.24) is 0 Å². The molecular formula is C17H22. The van der Waals surface area contributed by atoms with Crippen LogP contribution in [0, 0.1) is 27.7 Å².